The minimum Gasteiger partial charge on any atom is -0.377 e. The average Bonchev–Trinajstić information content (AvgIpc) is 2.53. The number of rotatable bonds is 6. The van der Waals surface area contributed by atoms with E-state index in [4.69, 9.17) is 10.5 Å². The molecule has 2 aromatic carbocycles. The van der Waals surface area contributed by atoms with E-state index in [1.54, 1.807) is 6.92 Å². The maximum Gasteiger partial charge on any atom is 0.248 e. The third-order valence-corrected chi connectivity index (χ3v) is 4.10. The van der Waals surface area contributed by atoms with Crippen molar-refractivity contribution in [1.29, 1.82) is 0 Å². The molecule has 1 unspecified atom stereocenters. The molecule has 3 N–H and O–H groups in total. The summed E-state index contributed by atoms with van der Waals surface area (Å²) in [6, 6.07) is 15.0. The predicted octanol–water partition coefficient (Wildman–Crippen LogP) is 4.22. The molecule has 1 amide bonds. The number of hydrogen-bond acceptors (Lipinski definition) is 3. The fourth-order valence-electron chi connectivity index (χ4n) is 2.15. The molecular formula is C18H22BrClN2O2. The van der Waals surface area contributed by atoms with Crippen LogP contribution in [0.25, 0.3) is 0 Å². The molecule has 2 rings (SSSR count). The molecule has 0 saturated heterocycles. The smallest absolute Gasteiger partial charge is 0.248 e. The number of carbonyl (C=O) groups excluding carboxylic acids is 1. The number of benzene rings is 2. The van der Waals surface area contributed by atoms with Gasteiger partial charge in [0, 0.05) is 16.8 Å². The molecule has 130 valence electrons. The van der Waals surface area contributed by atoms with Crippen molar-refractivity contribution in [2.45, 2.75) is 26.0 Å². The Morgan fingerprint density at radius 1 is 1.25 bits per heavy atom. The van der Waals surface area contributed by atoms with Crippen molar-refractivity contribution in [3.8, 4) is 0 Å². The fraction of sp³-hybridized carbons (Fsp3) is 0.278. The highest BCUT2D eigenvalue weighted by molar-refractivity contribution is 9.10. The van der Waals surface area contributed by atoms with Gasteiger partial charge in [-0.3, -0.25) is 4.79 Å². The van der Waals surface area contributed by atoms with Crippen LogP contribution in [0.1, 0.15) is 25.0 Å². The number of amides is 1. The van der Waals surface area contributed by atoms with Gasteiger partial charge in [-0.05, 0) is 49.2 Å². The first kappa shape index (κ1) is 20.6. The van der Waals surface area contributed by atoms with E-state index in [1.165, 1.54) is 0 Å². The van der Waals surface area contributed by atoms with Gasteiger partial charge in [0.25, 0.3) is 0 Å². The zero-order chi connectivity index (χ0) is 16.9. The van der Waals surface area contributed by atoms with Crippen LogP contribution in [0.4, 0.5) is 5.69 Å². The Labute approximate surface area is 157 Å². The summed E-state index contributed by atoms with van der Waals surface area (Å²) in [6.07, 6.45) is 0. The molecule has 0 spiro atoms. The van der Waals surface area contributed by atoms with Crippen molar-refractivity contribution in [3.05, 3.63) is 64.1 Å². The second kappa shape index (κ2) is 9.18. The molecule has 0 saturated carbocycles. The number of hydrogen-bond donors (Lipinski definition) is 2. The first-order valence-electron chi connectivity index (χ1n) is 7.46. The lowest BCUT2D eigenvalue weighted by Gasteiger charge is -2.24. The Morgan fingerprint density at radius 3 is 2.54 bits per heavy atom. The van der Waals surface area contributed by atoms with Crippen LogP contribution < -0.4 is 11.1 Å². The van der Waals surface area contributed by atoms with E-state index in [1.807, 2.05) is 55.5 Å². The highest BCUT2D eigenvalue weighted by atomic mass is 79.9. The topological polar surface area (TPSA) is 64.3 Å². The van der Waals surface area contributed by atoms with Gasteiger partial charge in [-0.2, -0.15) is 0 Å². The molecule has 0 bridgehead atoms. The molecule has 0 aliphatic rings. The second-order valence-electron chi connectivity index (χ2n) is 5.50. The molecule has 0 aliphatic heterocycles. The third-order valence-electron chi connectivity index (χ3n) is 3.57. The SMILES string of the molecule is CCOCc1cccc(NC(=O)C(C)(N)c2ccc(Br)cc2)c1.Cl. The molecule has 0 aromatic heterocycles. The summed E-state index contributed by atoms with van der Waals surface area (Å²) in [5.74, 6) is -0.256. The summed E-state index contributed by atoms with van der Waals surface area (Å²) in [7, 11) is 0. The lowest BCUT2D eigenvalue weighted by Crippen LogP contribution is -2.45. The molecule has 2 aromatic rings. The van der Waals surface area contributed by atoms with Crippen LogP contribution in [0.5, 0.6) is 0 Å². The zero-order valence-electron chi connectivity index (χ0n) is 13.7. The quantitative estimate of drug-likeness (QED) is 0.745. The van der Waals surface area contributed by atoms with Gasteiger partial charge in [-0.25, -0.2) is 0 Å². The van der Waals surface area contributed by atoms with E-state index in [9.17, 15) is 4.79 Å². The molecule has 0 fully saturated rings. The van der Waals surface area contributed by atoms with Crippen LogP contribution in [0.2, 0.25) is 0 Å². The van der Waals surface area contributed by atoms with Crippen molar-refractivity contribution >= 4 is 39.9 Å². The van der Waals surface area contributed by atoms with Gasteiger partial charge in [-0.15, -0.1) is 12.4 Å². The standard InChI is InChI=1S/C18H21BrN2O2.ClH/c1-3-23-12-13-5-4-6-16(11-13)21-17(22)18(2,20)14-7-9-15(19)10-8-14;/h4-11H,3,12,20H2,1-2H3,(H,21,22);1H. The van der Waals surface area contributed by atoms with Crippen molar-refractivity contribution in [2.24, 2.45) is 5.73 Å². The highest BCUT2D eigenvalue weighted by Gasteiger charge is 2.30. The largest absolute Gasteiger partial charge is 0.377 e. The van der Waals surface area contributed by atoms with Crippen LogP contribution in [-0.2, 0) is 21.7 Å². The number of halogens is 2. The molecule has 0 heterocycles. The molecule has 0 radical (unpaired) electrons. The van der Waals surface area contributed by atoms with Crippen LogP contribution in [0.3, 0.4) is 0 Å². The summed E-state index contributed by atoms with van der Waals surface area (Å²) in [5.41, 5.74) is 7.60. The molecule has 4 nitrogen and oxygen atoms in total. The molecule has 6 heteroatoms. The maximum atomic E-state index is 12.6. The van der Waals surface area contributed by atoms with Gasteiger partial charge in [0.15, 0.2) is 0 Å². The molecule has 24 heavy (non-hydrogen) atoms. The van der Waals surface area contributed by atoms with E-state index in [-0.39, 0.29) is 18.3 Å². The number of nitrogens with one attached hydrogen (secondary N) is 1. The van der Waals surface area contributed by atoms with Gasteiger partial charge in [0.05, 0.1) is 6.61 Å². The first-order chi connectivity index (χ1) is 10.9. The lowest BCUT2D eigenvalue weighted by atomic mass is 9.92. The monoisotopic (exact) mass is 412 g/mol. The van der Waals surface area contributed by atoms with Crippen LogP contribution in [0.15, 0.2) is 53.0 Å². The summed E-state index contributed by atoms with van der Waals surface area (Å²) >= 11 is 3.38. The van der Waals surface area contributed by atoms with E-state index in [0.717, 1.165) is 15.6 Å². The Balaban J connectivity index is 0.00000288. The second-order valence-corrected chi connectivity index (χ2v) is 6.42. The van der Waals surface area contributed by atoms with E-state index >= 15 is 0 Å². The van der Waals surface area contributed by atoms with Crippen molar-refractivity contribution in [3.63, 3.8) is 0 Å². The summed E-state index contributed by atoms with van der Waals surface area (Å²) in [6.45, 7) is 4.83. The molecule has 1 atom stereocenters. The predicted molar refractivity (Wildman–Crippen MR) is 103 cm³/mol. The Bertz CT molecular complexity index is 675. The molecular weight excluding hydrogens is 392 g/mol. The van der Waals surface area contributed by atoms with Crippen molar-refractivity contribution < 1.29 is 9.53 Å². The van der Waals surface area contributed by atoms with Gasteiger partial charge in [-0.1, -0.05) is 40.2 Å². The van der Waals surface area contributed by atoms with Crippen LogP contribution in [-0.4, -0.2) is 12.5 Å². The number of carbonyl (C=O) groups is 1. The minimum absolute atomic E-state index is 0. The van der Waals surface area contributed by atoms with Gasteiger partial charge in [0.1, 0.15) is 5.54 Å². The number of ether oxygens (including phenoxy) is 1. The molecule has 0 aliphatic carbocycles. The Hall–Kier alpha value is -1.40. The van der Waals surface area contributed by atoms with Crippen molar-refractivity contribution in [1.82, 2.24) is 0 Å². The summed E-state index contributed by atoms with van der Waals surface area (Å²) < 4.78 is 6.33. The van der Waals surface area contributed by atoms with E-state index in [0.29, 0.717) is 18.9 Å². The first-order valence-corrected chi connectivity index (χ1v) is 8.26. The van der Waals surface area contributed by atoms with E-state index in [2.05, 4.69) is 21.2 Å². The van der Waals surface area contributed by atoms with Crippen LogP contribution in [0, 0.1) is 0 Å². The fourth-order valence-corrected chi connectivity index (χ4v) is 2.41. The minimum atomic E-state index is -1.11. The average molecular weight is 414 g/mol. The third kappa shape index (κ3) is 5.31. The Kier molecular flexibility index (Phi) is 7.90. The number of nitrogens with two attached hydrogens (primary N) is 1. The lowest BCUT2D eigenvalue weighted by molar-refractivity contribution is -0.120. The summed E-state index contributed by atoms with van der Waals surface area (Å²) in [4.78, 5) is 12.6. The summed E-state index contributed by atoms with van der Waals surface area (Å²) in [5, 5.41) is 2.88. The Morgan fingerprint density at radius 2 is 1.92 bits per heavy atom. The normalized spacial score (nSPS) is 12.8. The zero-order valence-corrected chi connectivity index (χ0v) is 16.1. The maximum absolute atomic E-state index is 12.6. The van der Waals surface area contributed by atoms with Crippen LogP contribution >= 0.6 is 28.3 Å². The van der Waals surface area contributed by atoms with Gasteiger partial charge < -0.3 is 15.8 Å². The number of anilines is 1. The van der Waals surface area contributed by atoms with Crippen molar-refractivity contribution in [2.75, 3.05) is 11.9 Å². The highest BCUT2D eigenvalue weighted by Crippen LogP contribution is 2.22. The van der Waals surface area contributed by atoms with E-state index < -0.39 is 5.54 Å². The van der Waals surface area contributed by atoms with Gasteiger partial charge >= 0.3 is 0 Å². The van der Waals surface area contributed by atoms with Gasteiger partial charge in [0.2, 0.25) is 5.91 Å².